The SMILES string of the molecule is C[NH+]1[C@@H]2CC[C@H]1CC(NC(=O)c1cccc(C(F)(F)F)c1)C2. The van der Waals surface area contributed by atoms with E-state index in [1.165, 1.54) is 29.9 Å². The van der Waals surface area contributed by atoms with Crippen molar-refractivity contribution >= 4 is 5.91 Å². The summed E-state index contributed by atoms with van der Waals surface area (Å²) in [4.78, 5) is 13.8. The Hall–Kier alpha value is -1.56. The Kier molecular flexibility index (Phi) is 3.89. The number of carbonyl (C=O) groups is 1. The van der Waals surface area contributed by atoms with E-state index in [-0.39, 0.29) is 11.6 Å². The number of nitrogens with one attached hydrogen (secondary N) is 2. The fourth-order valence-corrected chi connectivity index (χ4v) is 3.80. The van der Waals surface area contributed by atoms with Crippen LogP contribution in [0.25, 0.3) is 0 Å². The van der Waals surface area contributed by atoms with Crippen LogP contribution in [0.1, 0.15) is 41.6 Å². The molecular weight excluding hydrogens is 293 g/mol. The first-order valence-electron chi connectivity index (χ1n) is 7.66. The van der Waals surface area contributed by atoms with Gasteiger partial charge in [0, 0.05) is 37.3 Å². The second-order valence-electron chi connectivity index (χ2n) is 6.44. The molecule has 4 atom stereocenters. The minimum absolute atomic E-state index is 0.0724. The number of carbonyl (C=O) groups excluding carboxylic acids is 1. The summed E-state index contributed by atoms with van der Waals surface area (Å²) in [5, 5.41) is 2.92. The smallest absolute Gasteiger partial charge is 0.349 e. The molecule has 3 nitrogen and oxygen atoms in total. The molecule has 1 aromatic carbocycles. The van der Waals surface area contributed by atoms with Crippen molar-refractivity contribution in [2.75, 3.05) is 7.05 Å². The monoisotopic (exact) mass is 313 g/mol. The van der Waals surface area contributed by atoms with Crippen LogP contribution in [0.15, 0.2) is 24.3 Å². The second-order valence-corrected chi connectivity index (χ2v) is 6.44. The molecule has 3 rings (SSSR count). The maximum atomic E-state index is 12.7. The summed E-state index contributed by atoms with van der Waals surface area (Å²) in [5.74, 6) is -0.407. The predicted octanol–water partition coefficient (Wildman–Crippen LogP) is 1.64. The van der Waals surface area contributed by atoms with Gasteiger partial charge < -0.3 is 10.2 Å². The van der Waals surface area contributed by atoms with Crippen molar-refractivity contribution in [2.45, 2.75) is 50.0 Å². The van der Waals surface area contributed by atoms with Crippen LogP contribution in [0.2, 0.25) is 0 Å². The number of rotatable bonds is 2. The number of amides is 1. The molecule has 2 fully saturated rings. The Morgan fingerprint density at radius 1 is 1.23 bits per heavy atom. The standard InChI is InChI=1S/C16H19F3N2O/c1-21-13-5-6-14(21)9-12(8-13)20-15(22)10-3-2-4-11(7-10)16(17,18)19/h2-4,7,12-14H,5-6,8-9H2,1H3,(H,20,22)/p+1/t12?,13-,14+. The molecule has 2 saturated heterocycles. The topological polar surface area (TPSA) is 33.5 Å². The molecule has 120 valence electrons. The van der Waals surface area contributed by atoms with Crippen molar-refractivity contribution in [3.05, 3.63) is 35.4 Å². The number of piperidine rings is 1. The van der Waals surface area contributed by atoms with E-state index in [0.717, 1.165) is 25.0 Å². The van der Waals surface area contributed by atoms with Crippen molar-refractivity contribution in [3.8, 4) is 0 Å². The highest BCUT2D eigenvalue weighted by Crippen LogP contribution is 2.29. The van der Waals surface area contributed by atoms with Crippen molar-refractivity contribution in [3.63, 3.8) is 0 Å². The molecule has 2 heterocycles. The zero-order chi connectivity index (χ0) is 15.9. The van der Waals surface area contributed by atoms with E-state index in [0.29, 0.717) is 12.1 Å². The lowest BCUT2D eigenvalue weighted by atomic mass is 9.97. The first-order chi connectivity index (χ1) is 10.3. The van der Waals surface area contributed by atoms with Crippen molar-refractivity contribution in [1.82, 2.24) is 5.32 Å². The van der Waals surface area contributed by atoms with Crippen LogP contribution >= 0.6 is 0 Å². The van der Waals surface area contributed by atoms with Crippen LogP contribution in [0.5, 0.6) is 0 Å². The highest BCUT2D eigenvalue weighted by molar-refractivity contribution is 5.94. The third kappa shape index (κ3) is 2.97. The second kappa shape index (κ2) is 5.57. The van der Waals surface area contributed by atoms with Gasteiger partial charge in [-0.3, -0.25) is 4.79 Å². The van der Waals surface area contributed by atoms with Gasteiger partial charge in [0.05, 0.1) is 24.7 Å². The number of benzene rings is 1. The van der Waals surface area contributed by atoms with E-state index < -0.39 is 17.6 Å². The molecule has 6 heteroatoms. The maximum Gasteiger partial charge on any atom is 0.416 e. The van der Waals surface area contributed by atoms with E-state index in [2.05, 4.69) is 12.4 Å². The Labute approximate surface area is 127 Å². The summed E-state index contributed by atoms with van der Waals surface area (Å²) in [7, 11) is 2.19. The van der Waals surface area contributed by atoms with Crippen molar-refractivity contribution in [2.24, 2.45) is 0 Å². The molecule has 0 aromatic heterocycles. The molecular formula is C16H20F3N2O+. The Morgan fingerprint density at radius 2 is 1.86 bits per heavy atom. The van der Waals surface area contributed by atoms with Crippen LogP contribution in [0.3, 0.4) is 0 Å². The number of halogens is 3. The number of hydrogen-bond acceptors (Lipinski definition) is 1. The number of quaternary nitrogens is 1. The molecule has 2 aliphatic heterocycles. The van der Waals surface area contributed by atoms with Gasteiger partial charge in [-0.15, -0.1) is 0 Å². The number of fused-ring (bicyclic) bond motifs is 2. The molecule has 2 aliphatic rings. The van der Waals surface area contributed by atoms with Crippen LogP contribution < -0.4 is 10.2 Å². The average molecular weight is 313 g/mol. The maximum absolute atomic E-state index is 12.7. The lowest BCUT2D eigenvalue weighted by Crippen LogP contribution is -3.15. The van der Waals surface area contributed by atoms with Gasteiger partial charge in [-0.25, -0.2) is 0 Å². The summed E-state index contributed by atoms with van der Waals surface area (Å²) in [6.07, 6.45) is -0.259. The molecule has 2 bridgehead atoms. The molecule has 2 N–H and O–H groups in total. The van der Waals surface area contributed by atoms with Gasteiger partial charge in [-0.05, 0) is 18.2 Å². The highest BCUT2D eigenvalue weighted by Gasteiger charge is 2.42. The highest BCUT2D eigenvalue weighted by atomic mass is 19.4. The van der Waals surface area contributed by atoms with Gasteiger partial charge in [-0.1, -0.05) is 6.07 Å². The normalized spacial score (nSPS) is 31.1. The fraction of sp³-hybridized carbons (Fsp3) is 0.562. The molecule has 0 spiro atoms. The fourth-order valence-electron chi connectivity index (χ4n) is 3.80. The Balaban J connectivity index is 1.68. The van der Waals surface area contributed by atoms with Gasteiger partial charge in [0.25, 0.3) is 5.91 Å². The third-order valence-electron chi connectivity index (χ3n) is 5.08. The summed E-state index contributed by atoms with van der Waals surface area (Å²) >= 11 is 0. The van der Waals surface area contributed by atoms with Gasteiger partial charge in [0.2, 0.25) is 0 Å². The van der Waals surface area contributed by atoms with Gasteiger partial charge in [0.15, 0.2) is 0 Å². The van der Waals surface area contributed by atoms with Crippen LogP contribution in [-0.4, -0.2) is 31.1 Å². The first kappa shape index (κ1) is 15.3. The molecule has 0 aliphatic carbocycles. The van der Waals surface area contributed by atoms with E-state index in [9.17, 15) is 18.0 Å². The van der Waals surface area contributed by atoms with Gasteiger partial charge in [0.1, 0.15) is 0 Å². The van der Waals surface area contributed by atoms with E-state index in [1.54, 1.807) is 0 Å². The molecule has 0 saturated carbocycles. The molecule has 1 amide bonds. The number of hydrogen-bond donors (Lipinski definition) is 2. The molecule has 1 aromatic rings. The van der Waals surface area contributed by atoms with E-state index >= 15 is 0 Å². The molecule has 22 heavy (non-hydrogen) atoms. The largest absolute Gasteiger partial charge is 0.416 e. The van der Waals surface area contributed by atoms with E-state index in [4.69, 9.17) is 0 Å². The third-order valence-corrected chi connectivity index (χ3v) is 5.08. The molecule has 2 unspecified atom stereocenters. The van der Waals surface area contributed by atoms with Crippen molar-refractivity contribution < 1.29 is 22.9 Å². The first-order valence-corrected chi connectivity index (χ1v) is 7.66. The summed E-state index contributed by atoms with van der Waals surface area (Å²) in [5.41, 5.74) is -0.707. The lowest BCUT2D eigenvalue weighted by molar-refractivity contribution is -0.922. The van der Waals surface area contributed by atoms with Gasteiger partial charge >= 0.3 is 6.18 Å². The Bertz CT molecular complexity index is 559. The summed E-state index contributed by atoms with van der Waals surface area (Å²) in [6.45, 7) is 0. The molecule has 0 radical (unpaired) electrons. The van der Waals surface area contributed by atoms with Crippen LogP contribution in [-0.2, 0) is 6.18 Å². The van der Waals surface area contributed by atoms with Gasteiger partial charge in [-0.2, -0.15) is 13.2 Å². The predicted molar refractivity (Wildman–Crippen MR) is 75.6 cm³/mol. The quantitative estimate of drug-likeness (QED) is 0.855. The zero-order valence-corrected chi connectivity index (χ0v) is 12.4. The Morgan fingerprint density at radius 3 is 2.45 bits per heavy atom. The summed E-state index contributed by atoms with van der Waals surface area (Å²) in [6, 6.07) is 5.80. The van der Waals surface area contributed by atoms with E-state index in [1.807, 2.05) is 0 Å². The minimum atomic E-state index is -4.42. The lowest BCUT2D eigenvalue weighted by Gasteiger charge is -2.33. The summed E-state index contributed by atoms with van der Waals surface area (Å²) < 4.78 is 38.1. The number of alkyl halides is 3. The van der Waals surface area contributed by atoms with Crippen LogP contribution in [0, 0.1) is 0 Å². The average Bonchev–Trinajstić information content (AvgIpc) is 2.69. The zero-order valence-electron chi connectivity index (χ0n) is 12.4. The minimum Gasteiger partial charge on any atom is -0.349 e. The van der Waals surface area contributed by atoms with Crippen LogP contribution in [0.4, 0.5) is 13.2 Å². The van der Waals surface area contributed by atoms with Crippen molar-refractivity contribution in [1.29, 1.82) is 0 Å².